The zero-order valence-corrected chi connectivity index (χ0v) is 10.7. The first kappa shape index (κ1) is 11.4. The van der Waals surface area contributed by atoms with Crippen molar-refractivity contribution >= 4 is 21.5 Å². The standard InChI is InChI=1S/C14H7BrF2O/c1-7-8-3-2-4-11(16)14(8)18-13-6-10(15)12(17)5-9(7)13/h2-6H,1H2. The molecule has 18 heavy (non-hydrogen) atoms. The highest BCUT2D eigenvalue weighted by Crippen LogP contribution is 2.45. The van der Waals surface area contributed by atoms with Gasteiger partial charge in [-0.25, -0.2) is 8.78 Å². The topological polar surface area (TPSA) is 9.23 Å². The molecule has 0 atom stereocenters. The summed E-state index contributed by atoms with van der Waals surface area (Å²) in [6, 6.07) is 7.39. The van der Waals surface area contributed by atoms with E-state index in [0.717, 1.165) is 0 Å². The van der Waals surface area contributed by atoms with Crippen LogP contribution in [0.1, 0.15) is 11.1 Å². The molecule has 90 valence electrons. The highest BCUT2D eigenvalue weighted by molar-refractivity contribution is 9.10. The second kappa shape index (κ2) is 3.92. The predicted molar refractivity (Wildman–Crippen MR) is 68.7 cm³/mol. The molecule has 0 bridgehead atoms. The van der Waals surface area contributed by atoms with Crippen LogP contribution in [0.5, 0.6) is 11.5 Å². The quantitative estimate of drug-likeness (QED) is 0.574. The summed E-state index contributed by atoms with van der Waals surface area (Å²) in [5.41, 5.74) is 1.63. The Morgan fingerprint density at radius 2 is 1.83 bits per heavy atom. The second-order valence-electron chi connectivity index (χ2n) is 3.96. The Kier molecular flexibility index (Phi) is 2.48. The molecular weight excluding hydrogens is 302 g/mol. The first-order chi connectivity index (χ1) is 8.58. The lowest BCUT2D eigenvalue weighted by Gasteiger charge is -2.22. The Hall–Kier alpha value is -1.68. The van der Waals surface area contributed by atoms with Gasteiger partial charge < -0.3 is 4.74 Å². The Balaban J connectivity index is 2.25. The van der Waals surface area contributed by atoms with E-state index in [4.69, 9.17) is 4.74 Å². The smallest absolute Gasteiger partial charge is 0.170 e. The van der Waals surface area contributed by atoms with Crippen LogP contribution in [-0.4, -0.2) is 0 Å². The molecule has 1 aliphatic rings. The third-order valence-corrected chi connectivity index (χ3v) is 3.46. The maximum absolute atomic E-state index is 13.7. The molecule has 0 aliphatic carbocycles. The van der Waals surface area contributed by atoms with Gasteiger partial charge in [0.15, 0.2) is 11.6 Å². The molecule has 4 heteroatoms. The number of halogens is 3. The minimum Gasteiger partial charge on any atom is -0.453 e. The van der Waals surface area contributed by atoms with E-state index in [1.165, 1.54) is 18.2 Å². The monoisotopic (exact) mass is 308 g/mol. The highest BCUT2D eigenvalue weighted by Gasteiger charge is 2.24. The van der Waals surface area contributed by atoms with Gasteiger partial charge in [0, 0.05) is 11.1 Å². The number of para-hydroxylation sites is 1. The third-order valence-electron chi connectivity index (χ3n) is 2.85. The molecule has 0 unspecified atom stereocenters. The van der Waals surface area contributed by atoms with Crippen LogP contribution >= 0.6 is 15.9 Å². The van der Waals surface area contributed by atoms with Gasteiger partial charge in [-0.1, -0.05) is 18.7 Å². The summed E-state index contributed by atoms with van der Waals surface area (Å²) in [5, 5.41) is 0. The van der Waals surface area contributed by atoms with E-state index >= 15 is 0 Å². The lowest BCUT2D eigenvalue weighted by molar-refractivity contribution is 0.433. The summed E-state index contributed by atoms with van der Waals surface area (Å²) >= 11 is 3.07. The Morgan fingerprint density at radius 1 is 1.06 bits per heavy atom. The lowest BCUT2D eigenvalue weighted by atomic mass is 9.95. The maximum atomic E-state index is 13.7. The van der Waals surface area contributed by atoms with Crippen molar-refractivity contribution in [2.75, 3.05) is 0 Å². The summed E-state index contributed by atoms with van der Waals surface area (Å²) in [4.78, 5) is 0. The number of fused-ring (bicyclic) bond motifs is 2. The SMILES string of the molecule is C=C1c2cc(F)c(Br)cc2Oc2c(F)cccc21. The van der Waals surface area contributed by atoms with Crippen molar-refractivity contribution in [3.05, 3.63) is 64.1 Å². The van der Waals surface area contributed by atoms with Crippen molar-refractivity contribution in [2.45, 2.75) is 0 Å². The summed E-state index contributed by atoms with van der Waals surface area (Å²) in [7, 11) is 0. The Bertz CT molecular complexity index is 680. The second-order valence-corrected chi connectivity index (χ2v) is 4.81. The fraction of sp³-hybridized carbons (Fsp3) is 0. The van der Waals surface area contributed by atoms with Gasteiger partial charge >= 0.3 is 0 Å². The predicted octanol–water partition coefficient (Wildman–Crippen LogP) is 4.89. The van der Waals surface area contributed by atoms with Crippen LogP contribution in [0, 0.1) is 11.6 Å². The summed E-state index contributed by atoms with van der Waals surface area (Å²) in [6.45, 7) is 3.88. The molecule has 0 saturated carbocycles. The van der Waals surface area contributed by atoms with Gasteiger partial charge in [0.2, 0.25) is 0 Å². The van der Waals surface area contributed by atoms with Gasteiger partial charge in [-0.15, -0.1) is 0 Å². The summed E-state index contributed by atoms with van der Waals surface area (Å²) < 4.78 is 32.9. The number of hydrogen-bond acceptors (Lipinski definition) is 1. The molecule has 2 aromatic rings. The minimum absolute atomic E-state index is 0.133. The first-order valence-electron chi connectivity index (χ1n) is 5.23. The van der Waals surface area contributed by atoms with E-state index in [1.807, 2.05) is 0 Å². The fourth-order valence-corrected chi connectivity index (χ4v) is 2.28. The zero-order valence-electron chi connectivity index (χ0n) is 9.14. The van der Waals surface area contributed by atoms with E-state index < -0.39 is 11.6 Å². The number of ether oxygens (including phenoxy) is 1. The van der Waals surface area contributed by atoms with Gasteiger partial charge in [0.25, 0.3) is 0 Å². The van der Waals surface area contributed by atoms with Crippen molar-refractivity contribution in [1.29, 1.82) is 0 Å². The van der Waals surface area contributed by atoms with E-state index in [-0.39, 0.29) is 10.2 Å². The van der Waals surface area contributed by atoms with E-state index in [0.29, 0.717) is 22.4 Å². The zero-order chi connectivity index (χ0) is 12.9. The van der Waals surface area contributed by atoms with Crippen LogP contribution in [0.25, 0.3) is 5.57 Å². The molecule has 0 amide bonds. The van der Waals surface area contributed by atoms with Crippen LogP contribution in [0.4, 0.5) is 8.78 Å². The molecule has 0 saturated heterocycles. The third kappa shape index (κ3) is 1.56. The van der Waals surface area contributed by atoms with Crippen LogP contribution in [0.3, 0.4) is 0 Å². The fourth-order valence-electron chi connectivity index (χ4n) is 1.95. The molecule has 0 radical (unpaired) electrons. The lowest BCUT2D eigenvalue weighted by Crippen LogP contribution is -2.04. The number of benzene rings is 2. The summed E-state index contributed by atoms with van der Waals surface area (Å²) in [5.74, 6) is -0.336. The van der Waals surface area contributed by atoms with Crippen LogP contribution < -0.4 is 4.74 Å². The molecule has 1 heterocycles. The van der Waals surface area contributed by atoms with Crippen molar-refractivity contribution in [3.63, 3.8) is 0 Å². The van der Waals surface area contributed by atoms with Crippen LogP contribution in [0.2, 0.25) is 0 Å². The molecule has 2 aromatic carbocycles. The molecule has 0 aromatic heterocycles. The molecule has 1 nitrogen and oxygen atoms in total. The number of hydrogen-bond donors (Lipinski definition) is 0. The van der Waals surface area contributed by atoms with Crippen LogP contribution in [0.15, 0.2) is 41.4 Å². The molecule has 0 spiro atoms. The minimum atomic E-state index is -0.459. The summed E-state index contributed by atoms with van der Waals surface area (Å²) in [6.07, 6.45) is 0. The molecular formula is C14H7BrF2O. The highest BCUT2D eigenvalue weighted by atomic mass is 79.9. The maximum Gasteiger partial charge on any atom is 0.170 e. The van der Waals surface area contributed by atoms with Crippen molar-refractivity contribution in [2.24, 2.45) is 0 Å². The van der Waals surface area contributed by atoms with Crippen molar-refractivity contribution in [1.82, 2.24) is 0 Å². The van der Waals surface area contributed by atoms with Gasteiger partial charge in [-0.3, -0.25) is 0 Å². The Labute approximate surface area is 111 Å². The number of rotatable bonds is 0. The van der Waals surface area contributed by atoms with Crippen molar-refractivity contribution in [3.8, 4) is 11.5 Å². The van der Waals surface area contributed by atoms with Gasteiger partial charge in [0.1, 0.15) is 11.6 Å². The molecule has 3 rings (SSSR count). The van der Waals surface area contributed by atoms with Crippen LogP contribution in [-0.2, 0) is 0 Å². The average molecular weight is 309 g/mol. The van der Waals surface area contributed by atoms with E-state index in [1.54, 1.807) is 12.1 Å². The van der Waals surface area contributed by atoms with Gasteiger partial charge in [-0.05, 0) is 39.7 Å². The van der Waals surface area contributed by atoms with E-state index in [2.05, 4.69) is 22.5 Å². The van der Waals surface area contributed by atoms with Crippen molar-refractivity contribution < 1.29 is 13.5 Å². The Morgan fingerprint density at radius 3 is 2.61 bits per heavy atom. The average Bonchev–Trinajstić information content (AvgIpc) is 2.34. The van der Waals surface area contributed by atoms with Gasteiger partial charge in [-0.2, -0.15) is 0 Å². The van der Waals surface area contributed by atoms with E-state index in [9.17, 15) is 8.78 Å². The largest absolute Gasteiger partial charge is 0.453 e. The van der Waals surface area contributed by atoms with Gasteiger partial charge in [0.05, 0.1) is 4.47 Å². The normalized spacial score (nSPS) is 12.7. The first-order valence-corrected chi connectivity index (χ1v) is 6.02. The molecule has 0 fully saturated rings. The molecule has 0 N–H and O–H groups in total. The molecule has 1 aliphatic heterocycles.